The maximum absolute atomic E-state index is 5.59. The van der Waals surface area contributed by atoms with Crippen LogP contribution in [0.5, 0.6) is 0 Å². The van der Waals surface area contributed by atoms with Gasteiger partial charge >= 0.3 is 0 Å². The first kappa shape index (κ1) is 15.4. The predicted octanol–water partition coefficient (Wildman–Crippen LogP) is 1.41. The van der Waals surface area contributed by atoms with E-state index in [1.807, 2.05) is 18.2 Å². The highest BCUT2D eigenvalue weighted by Crippen LogP contribution is 2.25. The minimum absolute atomic E-state index is 0.235. The molecule has 25 heavy (non-hydrogen) atoms. The van der Waals surface area contributed by atoms with Crippen LogP contribution in [-0.4, -0.2) is 51.2 Å². The van der Waals surface area contributed by atoms with Gasteiger partial charge in [0.05, 0.1) is 24.6 Å². The molecule has 1 aliphatic heterocycles. The van der Waals surface area contributed by atoms with Crippen molar-refractivity contribution in [2.75, 3.05) is 36.9 Å². The molecule has 2 N–H and O–H groups in total. The molecule has 0 amide bonds. The van der Waals surface area contributed by atoms with E-state index in [1.54, 1.807) is 24.8 Å². The van der Waals surface area contributed by atoms with Crippen molar-refractivity contribution in [3.05, 3.63) is 43.0 Å². The zero-order valence-electron chi connectivity index (χ0n) is 13.5. The Morgan fingerprint density at radius 1 is 0.960 bits per heavy atom. The molecule has 8 nitrogen and oxygen atoms in total. The molecule has 4 rings (SSSR count). The van der Waals surface area contributed by atoms with Gasteiger partial charge in [-0.3, -0.25) is 4.98 Å². The number of nitrogen functional groups attached to an aromatic ring is 1. The third-order valence-electron chi connectivity index (χ3n) is 3.93. The Bertz CT molecular complexity index is 849. The minimum atomic E-state index is 0.235. The summed E-state index contributed by atoms with van der Waals surface area (Å²) in [5.74, 6) is 0.898. The number of hydrogen-bond acceptors (Lipinski definition) is 8. The monoisotopic (exact) mass is 335 g/mol. The molecular formula is C17H17N7O. The quantitative estimate of drug-likeness (QED) is 0.766. The van der Waals surface area contributed by atoms with E-state index in [0.717, 1.165) is 35.6 Å². The molecule has 0 unspecified atom stereocenters. The van der Waals surface area contributed by atoms with E-state index < -0.39 is 0 Å². The number of nitrogens with zero attached hydrogens (tertiary/aromatic N) is 6. The fourth-order valence-corrected chi connectivity index (χ4v) is 2.62. The number of aromatic nitrogens is 5. The summed E-state index contributed by atoms with van der Waals surface area (Å²) < 4.78 is 5.42. The Hall–Kier alpha value is -3.13. The Kier molecular flexibility index (Phi) is 4.17. The van der Waals surface area contributed by atoms with Crippen molar-refractivity contribution in [2.24, 2.45) is 0 Å². The molecule has 0 aromatic carbocycles. The van der Waals surface area contributed by atoms with E-state index in [4.69, 9.17) is 20.4 Å². The van der Waals surface area contributed by atoms with E-state index in [0.29, 0.717) is 19.2 Å². The van der Waals surface area contributed by atoms with Gasteiger partial charge in [0.15, 0.2) is 0 Å². The van der Waals surface area contributed by atoms with Crippen LogP contribution in [0.25, 0.3) is 22.5 Å². The molecule has 3 aromatic heterocycles. The van der Waals surface area contributed by atoms with E-state index in [1.165, 1.54) is 0 Å². The summed E-state index contributed by atoms with van der Waals surface area (Å²) in [4.78, 5) is 23.8. The summed E-state index contributed by atoms with van der Waals surface area (Å²) in [6.45, 7) is 2.85. The fraction of sp³-hybridized carbons (Fsp3) is 0.235. The summed E-state index contributed by atoms with van der Waals surface area (Å²) >= 11 is 0. The van der Waals surface area contributed by atoms with Crippen LogP contribution in [-0.2, 0) is 4.74 Å². The van der Waals surface area contributed by atoms with Gasteiger partial charge in [-0.2, -0.15) is 0 Å². The number of pyridine rings is 1. The number of hydrogen-bond donors (Lipinski definition) is 1. The van der Waals surface area contributed by atoms with Gasteiger partial charge in [-0.15, -0.1) is 0 Å². The van der Waals surface area contributed by atoms with Crippen molar-refractivity contribution in [3.8, 4) is 22.5 Å². The average molecular weight is 335 g/mol. The van der Waals surface area contributed by atoms with Crippen LogP contribution in [0.1, 0.15) is 0 Å². The van der Waals surface area contributed by atoms with Crippen molar-refractivity contribution >= 4 is 11.9 Å². The zero-order chi connectivity index (χ0) is 17.1. The number of nitrogens with two attached hydrogens (primary N) is 1. The zero-order valence-corrected chi connectivity index (χ0v) is 13.5. The number of ether oxygens (including phenoxy) is 1. The van der Waals surface area contributed by atoms with Crippen LogP contribution in [0.3, 0.4) is 0 Å². The number of rotatable bonds is 3. The predicted molar refractivity (Wildman–Crippen MR) is 93.7 cm³/mol. The van der Waals surface area contributed by atoms with Crippen molar-refractivity contribution in [1.82, 2.24) is 24.9 Å². The first-order valence-electron chi connectivity index (χ1n) is 8.00. The van der Waals surface area contributed by atoms with Gasteiger partial charge in [-0.25, -0.2) is 19.9 Å². The Labute approximate surface area is 144 Å². The highest BCUT2D eigenvalue weighted by molar-refractivity contribution is 5.68. The van der Waals surface area contributed by atoms with Gasteiger partial charge in [0, 0.05) is 49.0 Å². The van der Waals surface area contributed by atoms with Gasteiger partial charge in [-0.05, 0) is 18.2 Å². The van der Waals surface area contributed by atoms with Gasteiger partial charge in [-0.1, -0.05) is 0 Å². The third-order valence-corrected chi connectivity index (χ3v) is 3.93. The lowest BCUT2D eigenvalue weighted by atomic mass is 10.1. The molecule has 0 bridgehead atoms. The fourth-order valence-electron chi connectivity index (χ4n) is 2.62. The second-order valence-electron chi connectivity index (χ2n) is 5.61. The maximum Gasteiger partial charge on any atom is 0.226 e. The van der Waals surface area contributed by atoms with Crippen molar-refractivity contribution < 1.29 is 4.74 Å². The topological polar surface area (TPSA) is 103 Å². The third kappa shape index (κ3) is 3.38. The van der Waals surface area contributed by atoms with Crippen LogP contribution in [0.15, 0.2) is 43.0 Å². The van der Waals surface area contributed by atoms with Gasteiger partial charge in [0.1, 0.15) is 0 Å². The molecule has 0 spiro atoms. The molecule has 1 fully saturated rings. The van der Waals surface area contributed by atoms with Crippen LogP contribution in [0.4, 0.5) is 11.9 Å². The molecule has 0 radical (unpaired) electrons. The molecule has 4 heterocycles. The maximum atomic E-state index is 5.59. The average Bonchev–Trinajstić information content (AvgIpc) is 2.69. The molecule has 1 saturated heterocycles. The molecular weight excluding hydrogens is 318 g/mol. The molecule has 126 valence electrons. The lowest BCUT2D eigenvalue weighted by Gasteiger charge is -2.27. The second kappa shape index (κ2) is 6.78. The number of morpholine rings is 1. The Balaban J connectivity index is 1.81. The lowest BCUT2D eigenvalue weighted by Crippen LogP contribution is -2.37. The van der Waals surface area contributed by atoms with E-state index in [9.17, 15) is 0 Å². The SMILES string of the molecule is Nc1ncc(-c2cc(-c3cccnc3)nc(N3CCOCC3)n2)cn1. The normalized spacial score (nSPS) is 14.5. The summed E-state index contributed by atoms with van der Waals surface area (Å²) in [6.07, 6.45) is 6.86. The molecule has 3 aromatic rings. The van der Waals surface area contributed by atoms with Crippen LogP contribution in [0.2, 0.25) is 0 Å². The van der Waals surface area contributed by atoms with Crippen LogP contribution in [0, 0.1) is 0 Å². The Morgan fingerprint density at radius 3 is 2.36 bits per heavy atom. The molecule has 0 aliphatic carbocycles. The van der Waals surface area contributed by atoms with Gasteiger partial charge in [0.25, 0.3) is 0 Å². The summed E-state index contributed by atoms with van der Waals surface area (Å²) in [5.41, 5.74) is 8.85. The molecule has 1 aliphatic rings. The van der Waals surface area contributed by atoms with E-state index in [2.05, 4.69) is 19.9 Å². The van der Waals surface area contributed by atoms with Gasteiger partial charge in [0.2, 0.25) is 11.9 Å². The second-order valence-corrected chi connectivity index (χ2v) is 5.61. The standard InChI is InChI=1S/C17H17N7O/c18-16-20-10-13(11-21-16)15-8-14(12-2-1-3-19-9-12)22-17(23-15)24-4-6-25-7-5-24/h1-3,8-11H,4-7H2,(H2,18,20,21). The minimum Gasteiger partial charge on any atom is -0.378 e. The largest absolute Gasteiger partial charge is 0.378 e. The Morgan fingerprint density at radius 2 is 1.68 bits per heavy atom. The highest BCUT2D eigenvalue weighted by atomic mass is 16.5. The summed E-state index contributed by atoms with van der Waals surface area (Å²) in [6, 6.07) is 5.77. The van der Waals surface area contributed by atoms with Crippen molar-refractivity contribution in [1.29, 1.82) is 0 Å². The first-order valence-corrected chi connectivity index (χ1v) is 8.00. The molecule has 8 heteroatoms. The highest BCUT2D eigenvalue weighted by Gasteiger charge is 2.17. The van der Waals surface area contributed by atoms with Crippen LogP contribution < -0.4 is 10.6 Å². The summed E-state index contributed by atoms with van der Waals surface area (Å²) in [7, 11) is 0. The molecule has 0 saturated carbocycles. The smallest absolute Gasteiger partial charge is 0.226 e. The van der Waals surface area contributed by atoms with Crippen LogP contribution >= 0.6 is 0 Å². The van der Waals surface area contributed by atoms with Crippen molar-refractivity contribution in [2.45, 2.75) is 0 Å². The number of anilines is 2. The lowest BCUT2D eigenvalue weighted by molar-refractivity contribution is 0.122. The van der Waals surface area contributed by atoms with Gasteiger partial charge < -0.3 is 15.4 Å². The summed E-state index contributed by atoms with van der Waals surface area (Å²) in [5, 5.41) is 0. The van der Waals surface area contributed by atoms with Crippen molar-refractivity contribution in [3.63, 3.8) is 0 Å². The van der Waals surface area contributed by atoms with E-state index in [-0.39, 0.29) is 5.95 Å². The first-order chi connectivity index (χ1) is 12.3. The molecule has 0 atom stereocenters. The van der Waals surface area contributed by atoms with E-state index >= 15 is 0 Å².